The standard InChI is InChI=1S/C41H49N3O3/c1-5-43(6-2)25-15-16-31(3)42-41(45)27-36(34-23-24-39(40(26-34)46-4)47-30-33-19-11-8-12-20-33)37-29-44(28-32-17-9-7-10-18-32)38-22-14-13-21-35(37)38/h7-14,17-24,26,29,31,36H,5-6,15-16,25,27-28,30H2,1-4H3,(H,42,45). The van der Waals surface area contributed by atoms with Gasteiger partial charge in [0, 0.05) is 42.0 Å². The molecule has 0 spiro atoms. The van der Waals surface area contributed by atoms with E-state index in [2.05, 4.69) is 96.3 Å². The van der Waals surface area contributed by atoms with Gasteiger partial charge in [-0.05, 0) is 79.9 Å². The Bertz CT molecular complexity index is 1700. The second-order valence-electron chi connectivity index (χ2n) is 12.3. The first-order valence-electron chi connectivity index (χ1n) is 17.0. The number of carbonyl (C=O) groups is 1. The summed E-state index contributed by atoms with van der Waals surface area (Å²) in [7, 11) is 1.67. The molecule has 0 saturated carbocycles. The minimum Gasteiger partial charge on any atom is -0.493 e. The molecule has 2 atom stereocenters. The Hall–Kier alpha value is -4.55. The van der Waals surface area contributed by atoms with Gasteiger partial charge in [0.2, 0.25) is 5.91 Å². The number of benzene rings is 4. The third kappa shape index (κ3) is 9.05. The van der Waals surface area contributed by atoms with Gasteiger partial charge in [-0.1, -0.05) is 98.8 Å². The van der Waals surface area contributed by atoms with Crippen LogP contribution in [0.5, 0.6) is 11.5 Å². The summed E-state index contributed by atoms with van der Waals surface area (Å²) in [6, 6.07) is 35.3. The smallest absolute Gasteiger partial charge is 0.221 e. The first kappa shape index (κ1) is 33.8. The van der Waals surface area contributed by atoms with Crippen molar-refractivity contribution >= 4 is 16.8 Å². The number of rotatable bonds is 17. The molecule has 0 aliphatic carbocycles. The minimum atomic E-state index is -0.183. The lowest BCUT2D eigenvalue weighted by molar-refractivity contribution is -0.121. The Labute approximate surface area is 280 Å². The number of hydrogen-bond acceptors (Lipinski definition) is 4. The predicted molar refractivity (Wildman–Crippen MR) is 192 cm³/mol. The molecule has 5 rings (SSSR count). The van der Waals surface area contributed by atoms with Gasteiger partial charge in [-0.2, -0.15) is 0 Å². The van der Waals surface area contributed by atoms with Crippen molar-refractivity contribution in [3.05, 3.63) is 132 Å². The number of para-hydroxylation sites is 1. The lowest BCUT2D eigenvalue weighted by atomic mass is 9.87. The topological polar surface area (TPSA) is 55.7 Å². The summed E-state index contributed by atoms with van der Waals surface area (Å²) in [5, 5.41) is 4.46. The van der Waals surface area contributed by atoms with E-state index in [4.69, 9.17) is 9.47 Å². The van der Waals surface area contributed by atoms with Crippen LogP contribution in [0.3, 0.4) is 0 Å². The monoisotopic (exact) mass is 631 g/mol. The molecule has 0 bridgehead atoms. The summed E-state index contributed by atoms with van der Waals surface area (Å²) in [6.45, 7) is 10.9. The maximum atomic E-state index is 13.8. The number of aromatic nitrogens is 1. The largest absolute Gasteiger partial charge is 0.493 e. The molecule has 5 aromatic rings. The van der Waals surface area contributed by atoms with Crippen molar-refractivity contribution in [2.24, 2.45) is 0 Å². The van der Waals surface area contributed by atoms with Crippen molar-refractivity contribution in [3.63, 3.8) is 0 Å². The van der Waals surface area contributed by atoms with E-state index in [1.807, 2.05) is 48.5 Å². The van der Waals surface area contributed by atoms with Crippen LogP contribution < -0.4 is 14.8 Å². The number of fused-ring (bicyclic) bond motifs is 1. The highest BCUT2D eigenvalue weighted by Gasteiger charge is 2.25. The molecular formula is C41H49N3O3. The van der Waals surface area contributed by atoms with Crippen molar-refractivity contribution in [2.75, 3.05) is 26.7 Å². The molecule has 1 amide bonds. The van der Waals surface area contributed by atoms with Gasteiger partial charge in [-0.15, -0.1) is 0 Å². The summed E-state index contributed by atoms with van der Waals surface area (Å²) in [5.41, 5.74) is 5.61. The highest BCUT2D eigenvalue weighted by molar-refractivity contribution is 5.87. The van der Waals surface area contributed by atoms with Crippen LogP contribution in [0, 0.1) is 0 Å². The summed E-state index contributed by atoms with van der Waals surface area (Å²) in [4.78, 5) is 16.2. The van der Waals surface area contributed by atoms with Crippen molar-refractivity contribution < 1.29 is 14.3 Å². The number of ether oxygens (including phenoxy) is 2. The Morgan fingerprint density at radius 1 is 0.851 bits per heavy atom. The highest BCUT2D eigenvalue weighted by atomic mass is 16.5. The van der Waals surface area contributed by atoms with Gasteiger partial charge >= 0.3 is 0 Å². The minimum absolute atomic E-state index is 0.0496. The van der Waals surface area contributed by atoms with Crippen LogP contribution in [0.25, 0.3) is 10.9 Å². The van der Waals surface area contributed by atoms with Gasteiger partial charge in [0.15, 0.2) is 11.5 Å². The zero-order valence-electron chi connectivity index (χ0n) is 28.3. The summed E-state index contributed by atoms with van der Waals surface area (Å²) in [5.74, 6) is 1.20. The van der Waals surface area contributed by atoms with E-state index in [1.54, 1.807) is 7.11 Å². The SMILES string of the molecule is CCN(CC)CCCC(C)NC(=O)CC(c1ccc(OCc2ccccc2)c(OC)c1)c1cn(Cc2ccccc2)c2ccccc12. The molecule has 1 aromatic heterocycles. The fourth-order valence-electron chi connectivity index (χ4n) is 6.38. The van der Waals surface area contributed by atoms with E-state index < -0.39 is 0 Å². The van der Waals surface area contributed by atoms with Crippen LogP contribution >= 0.6 is 0 Å². The van der Waals surface area contributed by atoms with E-state index in [1.165, 1.54) is 5.56 Å². The number of nitrogens with zero attached hydrogens (tertiary/aromatic N) is 2. The third-order valence-corrected chi connectivity index (χ3v) is 9.02. The molecule has 4 aromatic carbocycles. The number of nitrogens with one attached hydrogen (secondary N) is 1. The maximum absolute atomic E-state index is 13.8. The number of methoxy groups -OCH3 is 1. The predicted octanol–water partition coefficient (Wildman–Crippen LogP) is 8.43. The zero-order valence-corrected chi connectivity index (χ0v) is 28.3. The number of hydrogen-bond donors (Lipinski definition) is 1. The van der Waals surface area contributed by atoms with Gasteiger partial charge in [0.25, 0.3) is 0 Å². The second-order valence-corrected chi connectivity index (χ2v) is 12.3. The molecule has 0 fully saturated rings. The summed E-state index contributed by atoms with van der Waals surface area (Å²) >= 11 is 0. The van der Waals surface area contributed by atoms with Gasteiger partial charge in [0.1, 0.15) is 6.61 Å². The first-order chi connectivity index (χ1) is 23.0. The van der Waals surface area contributed by atoms with Gasteiger partial charge in [0.05, 0.1) is 7.11 Å². The first-order valence-corrected chi connectivity index (χ1v) is 17.0. The number of carbonyl (C=O) groups excluding carboxylic acids is 1. The fraction of sp³-hybridized carbons (Fsp3) is 0.341. The van der Waals surface area contributed by atoms with E-state index >= 15 is 0 Å². The zero-order chi connectivity index (χ0) is 33.0. The van der Waals surface area contributed by atoms with Crippen molar-refractivity contribution in [2.45, 2.75) is 65.1 Å². The molecule has 2 unspecified atom stereocenters. The van der Waals surface area contributed by atoms with Crippen LogP contribution in [-0.2, 0) is 17.9 Å². The van der Waals surface area contributed by atoms with Crippen molar-refractivity contribution in [1.82, 2.24) is 14.8 Å². The van der Waals surface area contributed by atoms with E-state index in [9.17, 15) is 4.79 Å². The molecule has 47 heavy (non-hydrogen) atoms. The Morgan fingerprint density at radius 3 is 2.23 bits per heavy atom. The quantitative estimate of drug-likeness (QED) is 0.112. The Morgan fingerprint density at radius 2 is 1.53 bits per heavy atom. The molecule has 0 aliphatic rings. The molecule has 0 saturated heterocycles. The Kier molecular flexibility index (Phi) is 12.1. The lowest BCUT2D eigenvalue weighted by Crippen LogP contribution is -2.34. The van der Waals surface area contributed by atoms with Crippen LogP contribution in [0.15, 0.2) is 109 Å². The average molecular weight is 632 g/mol. The van der Waals surface area contributed by atoms with E-state index in [-0.39, 0.29) is 17.9 Å². The van der Waals surface area contributed by atoms with Crippen LogP contribution in [-0.4, -0.2) is 48.2 Å². The lowest BCUT2D eigenvalue weighted by Gasteiger charge is -2.22. The van der Waals surface area contributed by atoms with E-state index in [0.29, 0.717) is 24.5 Å². The van der Waals surface area contributed by atoms with Gasteiger partial charge < -0.3 is 24.3 Å². The third-order valence-electron chi connectivity index (χ3n) is 9.02. The second kappa shape index (κ2) is 16.8. The molecule has 0 radical (unpaired) electrons. The molecule has 0 aliphatic heterocycles. The molecule has 1 heterocycles. The van der Waals surface area contributed by atoms with Crippen LogP contribution in [0.1, 0.15) is 68.2 Å². The normalized spacial score (nSPS) is 12.6. The summed E-state index contributed by atoms with van der Waals surface area (Å²) < 4.78 is 14.3. The molecule has 1 N–H and O–H groups in total. The van der Waals surface area contributed by atoms with Gasteiger partial charge in [-0.25, -0.2) is 0 Å². The molecule has 6 nitrogen and oxygen atoms in total. The molecule has 246 valence electrons. The highest BCUT2D eigenvalue weighted by Crippen LogP contribution is 2.39. The Balaban J connectivity index is 1.44. The summed E-state index contributed by atoms with van der Waals surface area (Å²) in [6.07, 6.45) is 4.56. The maximum Gasteiger partial charge on any atom is 0.221 e. The van der Waals surface area contributed by atoms with Gasteiger partial charge in [-0.3, -0.25) is 4.79 Å². The van der Waals surface area contributed by atoms with Crippen LogP contribution in [0.2, 0.25) is 0 Å². The van der Waals surface area contributed by atoms with E-state index in [0.717, 1.165) is 66.6 Å². The van der Waals surface area contributed by atoms with Crippen molar-refractivity contribution in [3.8, 4) is 11.5 Å². The van der Waals surface area contributed by atoms with Crippen LogP contribution in [0.4, 0.5) is 0 Å². The average Bonchev–Trinajstić information content (AvgIpc) is 3.46. The van der Waals surface area contributed by atoms with Crippen molar-refractivity contribution in [1.29, 1.82) is 0 Å². The number of amides is 1. The fourth-order valence-corrected chi connectivity index (χ4v) is 6.38. The molecular weight excluding hydrogens is 582 g/mol. The molecule has 6 heteroatoms.